The van der Waals surface area contributed by atoms with Crippen molar-refractivity contribution in [3.05, 3.63) is 11.6 Å². The van der Waals surface area contributed by atoms with Crippen molar-refractivity contribution in [2.75, 3.05) is 33.2 Å². The fourth-order valence-electron chi connectivity index (χ4n) is 1.93. The summed E-state index contributed by atoms with van der Waals surface area (Å²) in [7, 11) is 2.13. The number of likely N-dealkylation sites (tertiary alicyclic amines) is 1. The molecule has 0 aliphatic carbocycles. The largest absolute Gasteiger partial charge is 0.478 e. The molecule has 1 rings (SSSR count). The summed E-state index contributed by atoms with van der Waals surface area (Å²) in [6.07, 6.45) is 2.50. The maximum atomic E-state index is 10.4. The van der Waals surface area contributed by atoms with Crippen molar-refractivity contribution >= 4 is 5.97 Å². The van der Waals surface area contributed by atoms with Gasteiger partial charge in [0.25, 0.3) is 0 Å². The lowest BCUT2D eigenvalue weighted by atomic mass is 10.1. The lowest BCUT2D eigenvalue weighted by molar-refractivity contribution is -0.131. The molecular weight excluding hydrogens is 192 g/mol. The zero-order valence-electron chi connectivity index (χ0n) is 9.49. The van der Waals surface area contributed by atoms with Crippen LogP contribution in [0.4, 0.5) is 0 Å². The number of nitrogens with zero attached hydrogens (tertiary/aromatic N) is 1. The van der Waals surface area contributed by atoms with E-state index in [1.165, 1.54) is 19.0 Å². The Kier molecular flexibility index (Phi) is 4.78. The highest BCUT2D eigenvalue weighted by atomic mass is 16.4. The molecule has 2 N–H and O–H groups in total. The Bertz CT molecular complexity index is 251. The number of carbonyl (C=O) groups is 1. The van der Waals surface area contributed by atoms with Crippen molar-refractivity contribution in [1.29, 1.82) is 0 Å². The van der Waals surface area contributed by atoms with Crippen molar-refractivity contribution in [3.8, 4) is 0 Å². The van der Waals surface area contributed by atoms with E-state index in [9.17, 15) is 4.79 Å². The van der Waals surface area contributed by atoms with Crippen molar-refractivity contribution in [1.82, 2.24) is 10.2 Å². The molecule has 4 heteroatoms. The smallest absolute Gasteiger partial charge is 0.328 e. The van der Waals surface area contributed by atoms with E-state index in [1.54, 1.807) is 0 Å². The van der Waals surface area contributed by atoms with E-state index in [0.29, 0.717) is 12.5 Å². The molecule has 1 fully saturated rings. The maximum Gasteiger partial charge on any atom is 0.328 e. The number of carboxylic acid groups (broad SMARTS) is 1. The van der Waals surface area contributed by atoms with Crippen molar-refractivity contribution in [3.63, 3.8) is 0 Å². The van der Waals surface area contributed by atoms with Crippen LogP contribution in [0.1, 0.15) is 13.3 Å². The van der Waals surface area contributed by atoms with Gasteiger partial charge in [-0.15, -0.1) is 0 Å². The topological polar surface area (TPSA) is 52.6 Å². The Morgan fingerprint density at radius 1 is 1.67 bits per heavy atom. The molecule has 1 aliphatic heterocycles. The molecule has 0 aromatic carbocycles. The van der Waals surface area contributed by atoms with Gasteiger partial charge in [-0.3, -0.25) is 0 Å². The maximum absolute atomic E-state index is 10.4. The first kappa shape index (κ1) is 12.2. The van der Waals surface area contributed by atoms with Gasteiger partial charge in [0.15, 0.2) is 0 Å². The molecule has 0 saturated carbocycles. The number of rotatable bonds is 5. The second-order valence-electron chi connectivity index (χ2n) is 4.38. The lowest BCUT2D eigenvalue weighted by Gasteiger charge is -2.11. The summed E-state index contributed by atoms with van der Waals surface area (Å²) in [5.74, 6) is -0.150. The molecule has 1 heterocycles. The van der Waals surface area contributed by atoms with Crippen molar-refractivity contribution < 1.29 is 9.90 Å². The minimum atomic E-state index is -0.866. The highest BCUT2D eigenvalue weighted by Crippen LogP contribution is 2.12. The van der Waals surface area contributed by atoms with Crippen LogP contribution in [0.2, 0.25) is 0 Å². The van der Waals surface area contributed by atoms with Crippen LogP contribution in [-0.4, -0.2) is 49.2 Å². The number of hydrogen-bond acceptors (Lipinski definition) is 3. The van der Waals surface area contributed by atoms with Gasteiger partial charge in [0.05, 0.1) is 0 Å². The summed E-state index contributed by atoms with van der Waals surface area (Å²) in [5, 5.41) is 11.8. The van der Waals surface area contributed by atoms with E-state index in [-0.39, 0.29) is 0 Å². The third-order valence-electron chi connectivity index (χ3n) is 2.70. The number of hydrogen-bond donors (Lipinski definition) is 2. The highest BCUT2D eigenvalue weighted by molar-refractivity contribution is 5.80. The summed E-state index contributed by atoms with van der Waals surface area (Å²) in [4.78, 5) is 12.7. The van der Waals surface area contributed by atoms with Crippen molar-refractivity contribution in [2.24, 2.45) is 5.92 Å². The second-order valence-corrected chi connectivity index (χ2v) is 4.38. The Labute approximate surface area is 91.0 Å². The first-order chi connectivity index (χ1) is 7.08. The van der Waals surface area contributed by atoms with E-state index in [1.807, 2.05) is 6.92 Å². The normalized spacial score (nSPS) is 23.3. The van der Waals surface area contributed by atoms with Crippen LogP contribution < -0.4 is 5.32 Å². The minimum absolute atomic E-state index is 0.673. The van der Waals surface area contributed by atoms with E-state index in [4.69, 9.17) is 5.11 Å². The zero-order valence-corrected chi connectivity index (χ0v) is 9.49. The molecule has 0 amide bonds. The summed E-state index contributed by atoms with van der Waals surface area (Å²) in [5.41, 5.74) is 0.869. The van der Waals surface area contributed by atoms with Gasteiger partial charge >= 0.3 is 5.97 Å². The molecule has 1 atom stereocenters. The Morgan fingerprint density at radius 2 is 2.40 bits per heavy atom. The first-order valence-electron chi connectivity index (χ1n) is 5.37. The number of nitrogens with one attached hydrogen (secondary N) is 1. The van der Waals surface area contributed by atoms with Gasteiger partial charge in [0, 0.05) is 19.2 Å². The summed E-state index contributed by atoms with van der Waals surface area (Å²) in [6, 6.07) is 0. The Hall–Kier alpha value is -0.870. The molecule has 1 unspecified atom stereocenters. The van der Waals surface area contributed by atoms with Gasteiger partial charge in [-0.05, 0) is 39.4 Å². The molecule has 86 valence electrons. The molecule has 0 aromatic rings. The van der Waals surface area contributed by atoms with Crippen LogP contribution in [0.5, 0.6) is 0 Å². The van der Waals surface area contributed by atoms with Crippen LogP contribution in [-0.2, 0) is 4.79 Å². The fourth-order valence-corrected chi connectivity index (χ4v) is 1.93. The quantitative estimate of drug-likeness (QED) is 0.654. The SMILES string of the molecule is CC(=CC(=O)O)CNCC1CCN(C)C1. The fraction of sp³-hybridized carbons (Fsp3) is 0.727. The number of carboxylic acids is 1. The first-order valence-corrected chi connectivity index (χ1v) is 5.37. The highest BCUT2D eigenvalue weighted by Gasteiger charge is 2.18. The van der Waals surface area contributed by atoms with Gasteiger partial charge in [-0.1, -0.05) is 5.57 Å². The third kappa shape index (κ3) is 4.95. The monoisotopic (exact) mass is 212 g/mol. The molecule has 0 radical (unpaired) electrons. The van der Waals surface area contributed by atoms with Crippen LogP contribution in [0.15, 0.2) is 11.6 Å². The second kappa shape index (κ2) is 5.88. The zero-order chi connectivity index (χ0) is 11.3. The molecule has 0 bridgehead atoms. The standard InChI is InChI=1S/C11H20N2O2/c1-9(5-11(14)15)6-12-7-10-3-4-13(2)8-10/h5,10,12H,3-4,6-8H2,1-2H3,(H,14,15). The van der Waals surface area contributed by atoms with E-state index in [2.05, 4.69) is 17.3 Å². The molecule has 0 spiro atoms. The Morgan fingerprint density at radius 3 is 2.93 bits per heavy atom. The molecular formula is C11H20N2O2. The van der Waals surface area contributed by atoms with Crippen LogP contribution in [0.3, 0.4) is 0 Å². The predicted octanol–water partition coefficient (Wildman–Crippen LogP) is 0.559. The molecule has 0 aromatic heterocycles. The predicted molar refractivity (Wildman–Crippen MR) is 59.9 cm³/mol. The molecule has 1 saturated heterocycles. The van der Waals surface area contributed by atoms with Gasteiger partial charge in [-0.25, -0.2) is 4.79 Å². The average molecular weight is 212 g/mol. The van der Waals surface area contributed by atoms with Crippen LogP contribution in [0, 0.1) is 5.92 Å². The summed E-state index contributed by atoms with van der Waals surface area (Å²) in [6.45, 7) is 5.81. The van der Waals surface area contributed by atoms with Crippen molar-refractivity contribution in [2.45, 2.75) is 13.3 Å². The van der Waals surface area contributed by atoms with Crippen LogP contribution >= 0.6 is 0 Å². The number of aliphatic carboxylic acids is 1. The van der Waals surface area contributed by atoms with Gasteiger partial charge < -0.3 is 15.3 Å². The van der Waals surface area contributed by atoms with E-state index in [0.717, 1.165) is 18.7 Å². The molecule has 4 nitrogen and oxygen atoms in total. The lowest BCUT2D eigenvalue weighted by Crippen LogP contribution is -2.26. The van der Waals surface area contributed by atoms with Gasteiger partial charge in [-0.2, -0.15) is 0 Å². The Balaban J connectivity index is 2.13. The summed E-state index contributed by atoms with van der Waals surface area (Å²) >= 11 is 0. The minimum Gasteiger partial charge on any atom is -0.478 e. The van der Waals surface area contributed by atoms with Crippen LogP contribution in [0.25, 0.3) is 0 Å². The van der Waals surface area contributed by atoms with E-state index < -0.39 is 5.97 Å². The molecule has 15 heavy (non-hydrogen) atoms. The molecule has 1 aliphatic rings. The van der Waals surface area contributed by atoms with Gasteiger partial charge in [0.2, 0.25) is 0 Å². The van der Waals surface area contributed by atoms with E-state index >= 15 is 0 Å². The average Bonchev–Trinajstić information content (AvgIpc) is 2.50. The summed E-state index contributed by atoms with van der Waals surface area (Å²) < 4.78 is 0. The third-order valence-corrected chi connectivity index (χ3v) is 2.70. The van der Waals surface area contributed by atoms with Gasteiger partial charge in [0.1, 0.15) is 0 Å².